The molecule has 2 amide bonds. The Balaban J connectivity index is 1.35. The van der Waals surface area contributed by atoms with E-state index in [1.165, 1.54) is 19.3 Å². The highest BCUT2D eigenvalue weighted by Crippen LogP contribution is 2.32. The van der Waals surface area contributed by atoms with Crippen LogP contribution in [0.1, 0.15) is 51.4 Å². The summed E-state index contributed by atoms with van der Waals surface area (Å²) >= 11 is 0. The molecule has 0 saturated carbocycles. The summed E-state index contributed by atoms with van der Waals surface area (Å²) in [6.07, 6.45) is 8.35. The number of ether oxygens (including phenoxy) is 1. The Bertz CT molecular complexity index is 518. The van der Waals surface area contributed by atoms with Crippen LogP contribution >= 0.6 is 0 Å². The van der Waals surface area contributed by atoms with Crippen molar-refractivity contribution >= 4 is 11.8 Å². The van der Waals surface area contributed by atoms with Gasteiger partial charge in [0.05, 0.1) is 5.92 Å². The second-order valence-corrected chi connectivity index (χ2v) is 8.35. The molecule has 0 spiro atoms. The van der Waals surface area contributed by atoms with E-state index in [1.54, 1.807) is 0 Å². The minimum Gasteiger partial charge on any atom is -0.368 e. The number of carbonyl (C=O) groups excluding carboxylic acids is 2. The van der Waals surface area contributed by atoms with Gasteiger partial charge in [0.25, 0.3) is 5.91 Å². The maximum absolute atomic E-state index is 13.3. The zero-order chi connectivity index (χ0) is 17.9. The molecule has 0 aromatic rings. The van der Waals surface area contributed by atoms with Gasteiger partial charge in [0.15, 0.2) is 0 Å². The molecule has 0 aliphatic carbocycles. The van der Waals surface area contributed by atoms with Crippen molar-refractivity contribution in [2.45, 2.75) is 63.5 Å². The van der Waals surface area contributed by atoms with Crippen LogP contribution in [0.15, 0.2) is 0 Å². The van der Waals surface area contributed by atoms with Crippen molar-refractivity contribution in [3.63, 3.8) is 0 Å². The third-order valence-corrected chi connectivity index (χ3v) is 6.73. The molecule has 3 atom stereocenters. The highest BCUT2D eigenvalue weighted by Gasteiger charge is 2.39. The van der Waals surface area contributed by atoms with Crippen LogP contribution in [0.2, 0.25) is 0 Å². The SMILES string of the molecule is O=C([C@H]1CCCO1)N1CCCN(C(=O)[C@@H]2CCCN3CCCC[C@H]23)CC1. The molecule has 4 rings (SSSR count). The topological polar surface area (TPSA) is 53.1 Å². The van der Waals surface area contributed by atoms with Gasteiger partial charge in [-0.05, 0) is 58.0 Å². The minimum atomic E-state index is -0.244. The zero-order valence-corrected chi connectivity index (χ0v) is 15.9. The number of carbonyl (C=O) groups is 2. The van der Waals surface area contributed by atoms with E-state index < -0.39 is 0 Å². The molecule has 4 saturated heterocycles. The summed E-state index contributed by atoms with van der Waals surface area (Å²) in [5, 5.41) is 0. The molecule has 0 N–H and O–H groups in total. The zero-order valence-electron chi connectivity index (χ0n) is 15.9. The number of fused-ring (bicyclic) bond motifs is 1. The molecule has 6 nitrogen and oxygen atoms in total. The largest absolute Gasteiger partial charge is 0.368 e. The van der Waals surface area contributed by atoms with Crippen molar-refractivity contribution in [2.75, 3.05) is 45.9 Å². The Labute approximate surface area is 156 Å². The van der Waals surface area contributed by atoms with Crippen LogP contribution < -0.4 is 0 Å². The lowest BCUT2D eigenvalue weighted by molar-refractivity contribution is -0.143. The van der Waals surface area contributed by atoms with Crippen LogP contribution in [0.5, 0.6) is 0 Å². The summed E-state index contributed by atoms with van der Waals surface area (Å²) < 4.78 is 5.56. The molecule has 0 radical (unpaired) electrons. The quantitative estimate of drug-likeness (QED) is 0.746. The molecule has 6 heteroatoms. The molecule has 26 heavy (non-hydrogen) atoms. The number of nitrogens with zero attached hydrogens (tertiary/aromatic N) is 3. The van der Waals surface area contributed by atoms with Crippen molar-refractivity contribution in [1.29, 1.82) is 0 Å². The number of hydrogen-bond acceptors (Lipinski definition) is 4. The van der Waals surface area contributed by atoms with E-state index in [0.717, 1.165) is 58.3 Å². The van der Waals surface area contributed by atoms with Gasteiger partial charge in [-0.15, -0.1) is 0 Å². The smallest absolute Gasteiger partial charge is 0.251 e. The van der Waals surface area contributed by atoms with Crippen molar-refractivity contribution in [2.24, 2.45) is 5.92 Å². The fourth-order valence-corrected chi connectivity index (χ4v) is 5.31. The molecule has 0 unspecified atom stereocenters. The number of amides is 2. The molecular weight excluding hydrogens is 330 g/mol. The summed E-state index contributed by atoms with van der Waals surface area (Å²) in [5.74, 6) is 0.644. The van der Waals surface area contributed by atoms with Gasteiger partial charge in [0, 0.05) is 38.8 Å². The molecule has 0 aromatic heterocycles. The number of rotatable bonds is 2. The second kappa shape index (κ2) is 8.26. The van der Waals surface area contributed by atoms with Crippen LogP contribution in [-0.4, -0.2) is 84.5 Å². The van der Waals surface area contributed by atoms with Crippen LogP contribution in [0.4, 0.5) is 0 Å². The Hall–Kier alpha value is -1.14. The lowest BCUT2D eigenvalue weighted by Crippen LogP contribution is -2.53. The monoisotopic (exact) mass is 363 g/mol. The van der Waals surface area contributed by atoms with E-state index in [4.69, 9.17) is 4.74 Å². The van der Waals surface area contributed by atoms with Gasteiger partial charge < -0.3 is 14.5 Å². The van der Waals surface area contributed by atoms with Gasteiger partial charge in [-0.3, -0.25) is 14.5 Å². The van der Waals surface area contributed by atoms with Gasteiger partial charge >= 0.3 is 0 Å². The fourth-order valence-electron chi connectivity index (χ4n) is 5.31. The number of hydrogen-bond donors (Lipinski definition) is 0. The summed E-state index contributed by atoms with van der Waals surface area (Å²) in [5.41, 5.74) is 0. The van der Waals surface area contributed by atoms with E-state index in [0.29, 0.717) is 31.6 Å². The van der Waals surface area contributed by atoms with Crippen molar-refractivity contribution in [3.8, 4) is 0 Å². The van der Waals surface area contributed by atoms with E-state index in [-0.39, 0.29) is 17.9 Å². The first kappa shape index (κ1) is 18.2. The Morgan fingerprint density at radius 2 is 1.46 bits per heavy atom. The molecule has 0 bridgehead atoms. The fraction of sp³-hybridized carbons (Fsp3) is 0.900. The Kier molecular flexibility index (Phi) is 5.79. The Morgan fingerprint density at radius 3 is 2.23 bits per heavy atom. The van der Waals surface area contributed by atoms with Crippen LogP contribution in [0.25, 0.3) is 0 Å². The molecular formula is C20H33N3O3. The normalized spacial score (nSPS) is 33.6. The van der Waals surface area contributed by atoms with Crippen molar-refractivity contribution < 1.29 is 14.3 Å². The first-order chi connectivity index (χ1) is 12.7. The second-order valence-electron chi connectivity index (χ2n) is 8.35. The highest BCUT2D eigenvalue weighted by atomic mass is 16.5. The summed E-state index contributed by atoms with van der Waals surface area (Å²) in [4.78, 5) is 32.4. The van der Waals surface area contributed by atoms with Crippen molar-refractivity contribution in [1.82, 2.24) is 14.7 Å². The number of piperidine rings is 2. The molecule has 4 aliphatic rings. The van der Waals surface area contributed by atoms with E-state index in [2.05, 4.69) is 4.90 Å². The minimum absolute atomic E-state index is 0.132. The van der Waals surface area contributed by atoms with Crippen LogP contribution in [0, 0.1) is 5.92 Å². The molecule has 4 aliphatic heterocycles. The van der Waals surface area contributed by atoms with Crippen molar-refractivity contribution in [3.05, 3.63) is 0 Å². The van der Waals surface area contributed by atoms with E-state index >= 15 is 0 Å². The average Bonchev–Trinajstić information content (AvgIpc) is 3.11. The van der Waals surface area contributed by atoms with Crippen LogP contribution in [0.3, 0.4) is 0 Å². The van der Waals surface area contributed by atoms with Gasteiger partial charge in [-0.1, -0.05) is 6.42 Å². The van der Waals surface area contributed by atoms with E-state index in [9.17, 15) is 9.59 Å². The summed E-state index contributed by atoms with van der Waals surface area (Å²) in [6, 6.07) is 0.456. The summed E-state index contributed by atoms with van der Waals surface area (Å²) in [7, 11) is 0. The van der Waals surface area contributed by atoms with E-state index in [1.807, 2.05) is 9.80 Å². The predicted molar refractivity (Wildman–Crippen MR) is 98.7 cm³/mol. The first-order valence-electron chi connectivity index (χ1n) is 10.7. The van der Waals surface area contributed by atoms with Gasteiger partial charge in [-0.25, -0.2) is 0 Å². The van der Waals surface area contributed by atoms with Gasteiger partial charge in [0.2, 0.25) is 5.91 Å². The average molecular weight is 364 g/mol. The third kappa shape index (κ3) is 3.77. The van der Waals surface area contributed by atoms with Crippen LogP contribution in [-0.2, 0) is 14.3 Å². The molecule has 0 aromatic carbocycles. The van der Waals surface area contributed by atoms with Gasteiger partial charge in [-0.2, -0.15) is 0 Å². The molecule has 4 fully saturated rings. The standard InChI is InChI=1S/C20H33N3O3/c24-19(16-6-3-10-21-9-2-1-7-17(16)21)22-11-5-12-23(14-13-22)20(25)18-8-4-15-26-18/h16-18H,1-15H2/t16-,17-,18-/m1/s1. The Morgan fingerprint density at radius 1 is 0.692 bits per heavy atom. The maximum Gasteiger partial charge on any atom is 0.251 e. The third-order valence-electron chi connectivity index (χ3n) is 6.73. The molecule has 4 heterocycles. The highest BCUT2D eigenvalue weighted by molar-refractivity contribution is 5.82. The predicted octanol–water partition coefficient (Wildman–Crippen LogP) is 1.49. The first-order valence-corrected chi connectivity index (χ1v) is 10.7. The lowest BCUT2D eigenvalue weighted by Gasteiger charge is -2.44. The molecule has 146 valence electrons. The lowest BCUT2D eigenvalue weighted by atomic mass is 9.82. The van der Waals surface area contributed by atoms with Gasteiger partial charge in [0.1, 0.15) is 6.10 Å². The maximum atomic E-state index is 13.3. The summed E-state index contributed by atoms with van der Waals surface area (Å²) in [6.45, 7) is 5.91.